The Labute approximate surface area is 176 Å². The van der Waals surface area contributed by atoms with Crippen LogP contribution in [0.4, 0.5) is 11.4 Å². The molecule has 4 rings (SSSR count). The number of benzene rings is 3. The summed E-state index contributed by atoms with van der Waals surface area (Å²) in [5.41, 5.74) is 2.19. The molecule has 0 atom stereocenters. The topological polar surface area (TPSA) is 81.1 Å². The molecule has 0 aliphatic carbocycles. The zero-order valence-electron chi connectivity index (χ0n) is 15.5. The first-order chi connectivity index (χ1) is 14.1. The average Bonchev–Trinajstić information content (AvgIpc) is 2.73. The highest BCUT2D eigenvalue weighted by atomic mass is 79.9. The van der Waals surface area contributed by atoms with E-state index in [-0.39, 0.29) is 25.0 Å². The molecule has 2 amide bonds. The molecular weight excluding hydrogens is 436 g/mol. The Hall–Kier alpha value is -2.74. The lowest BCUT2D eigenvalue weighted by atomic mass is 9.92. The van der Waals surface area contributed by atoms with Gasteiger partial charge in [0.2, 0.25) is 0 Å². The number of anilines is 2. The lowest BCUT2D eigenvalue weighted by Crippen LogP contribution is -2.40. The normalized spacial score (nSPS) is 13.3. The van der Waals surface area contributed by atoms with Gasteiger partial charge in [-0.15, -0.1) is 0 Å². The van der Waals surface area contributed by atoms with E-state index in [1.54, 1.807) is 48.5 Å². The molecule has 0 fully saturated rings. The molecule has 0 spiro atoms. The number of hydrogen-bond acceptors (Lipinski definition) is 5. The van der Waals surface area contributed by atoms with Crippen LogP contribution in [0.1, 0.15) is 20.7 Å². The summed E-state index contributed by atoms with van der Waals surface area (Å²) < 4.78 is 0.859. The highest BCUT2D eigenvalue weighted by Gasteiger charge is 2.34. The number of carbonyl (C=O) groups is 2. The van der Waals surface area contributed by atoms with Crippen LogP contribution in [-0.4, -0.2) is 48.3 Å². The predicted molar refractivity (Wildman–Crippen MR) is 116 cm³/mol. The minimum Gasteiger partial charge on any atom is -0.395 e. The lowest BCUT2D eigenvalue weighted by Gasteiger charge is -2.30. The van der Waals surface area contributed by atoms with Gasteiger partial charge in [0.1, 0.15) is 0 Å². The number of halogens is 1. The second-order valence-corrected chi connectivity index (χ2v) is 7.63. The third kappa shape index (κ3) is 3.31. The Morgan fingerprint density at radius 3 is 2.07 bits per heavy atom. The van der Waals surface area contributed by atoms with Crippen LogP contribution >= 0.6 is 15.9 Å². The molecule has 2 N–H and O–H groups in total. The fourth-order valence-electron chi connectivity index (χ4n) is 3.78. The van der Waals surface area contributed by atoms with Crippen LogP contribution < -0.4 is 9.80 Å². The first kappa shape index (κ1) is 19.6. The third-order valence-electron chi connectivity index (χ3n) is 5.05. The number of hydrogen-bond donors (Lipinski definition) is 2. The van der Waals surface area contributed by atoms with Gasteiger partial charge in [-0.25, -0.2) is 4.90 Å². The van der Waals surface area contributed by atoms with Gasteiger partial charge in [0, 0.05) is 45.1 Å². The maximum Gasteiger partial charge on any atom is 0.265 e. The fourth-order valence-corrected chi connectivity index (χ4v) is 4.04. The number of aliphatic hydroxyl groups is 2. The van der Waals surface area contributed by atoms with Crippen LogP contribution in [0.2, 0.25) is 0 Å². The Kier molecular flexibility index (Phi) is 5.36. The molecule has 0 radical (unpaired) electrons. The standard InChI is InChI=1S/C22H19BrN2O4/c23-14-4-6-15(7-5-14)25-21(28)17-3-1-2-16-19(24(10-12-26)11-13-27)9-8-18(20(16)17)22(25)29/h1-9,26-27H,10-13H2. The number of carbonyl (C=O) groups excluding carboxylic acids is 2. The molecule has 3 aromatic carbocycles. The summed E-state index contributed by atoms with van der Waals surface area (Å²) >= 11 is 3.37. The van der Waals surface area contributed by atoms with Gasteiger partial charge in [0.05, 0.1) is 18.9 Å². The summed E-state index contributed by atoms with van der Waals surface area (Å²) in [7, 11) is 0. The molecule has 0 saturated carbocycles. The summed E-state index contributed by atoms with van der Waals surface area (Å²) in [6.07, 6.45) is 0. The minimum absolute atomic E-state index is 0.0713. The molecule has 3 aromatic rings. The van der Waals surface area contributed by atoms with Crippen LogP contribution in [0, 0.1) is 0 Å². The lowest BCUT2D eigenvalue weighted by molar-refractivity contribution is 0.0893. The largest absolute Gasteiger partial charge is 0.395 e. The van der Waals surface area contributed by atoms with E-state index in [1.165, 1.54) is 4.90 Å². The maximum absolute atomic E-state index is 13.2. The van der Waals surface area contributed by atoms with E-state index in [4.69, 9.17) is 0 Å². The summed E-state index contributed by atoms with van der Waals surface area (Å²) in [6.45, 7) is 0.536. The van der Waals surface area contributed by atoms with Crippen LogP contribution in [0.15, 0.2) is 59.1 Å². The third-order valence-corrected chi connectivity index (χ3v) is 5.58. The number of imide groups is 1. The summed E-state index contributed by atoms with van der Waals surface area (Å²) in [4.78, 5) is 29.5. The van der Waals surface area contributed by atoms with Crippen molar-refractivity contribution in [1.82, 2.24) is 0 Å². The van der Waals surface area contributed by atoms with E-state index in [9.17, 15) is 19.8 Å². The smallest absolute Gasteiger partial charge is 0.265 e. The molecule has 148 valence electrons. The first-order valence-electron chi connectivity index (χ1n) is 9.23. The molecule has 0 saturated heterocycles. The predicted octanol–water partition coefficient (Wildman–Crippen LogP) is 3.19. The van der Waals surface area contributed by atoms with E-state index >= 15 is 0 Å². The zero-order chi connectivity index (χ0) is 20.5. The molecule has 1 aliphatic rings. The van der Waals surface area contributed by atoms with Gasteiger partial charge in [-0.1, -0.05) is 28.1 Å². The average molecular weight is 455 g/mol. The van der Waals surface area contributed by atoms with Gasteiger partial charge in [0.25, 0.3) is 11.8 Å². The zero-order valence-corrected chi connectivity index (χ0v) is 17.1. The van der Waals surface area contributed by atoms with Crippen LogP contribution in [0.5, 0.6) is 0 Å². The highest BCUT2D eigenvalue weighted by molar-refractivity contribution is 9.10. The number of aliphatic hydroxyl groups excluding tert-OH is 2. The van der Waals surface area contributed by atoms with Gasteiger partial charge in [-0.05, 0) is 42.5 Å². The Balaban J connectivity index is 1.89. The van der Waals surface area contributed by atoms with Crippen molar-refractivity contribution < 1.29 is 19.8 Å². The molecule has 0 aromatic heterocycles. The van der Waals surface area contributed by atoms with Crippen molar-refractivity contribution in [3.63, 3.8) is 0 Å². The van der Waals surface area contributed by atoms with Crippen molar-refractivity contribution in [3.05, 3.63) is 70.2 Å². The van der Waals surface area contributed by atoms with Gasteiger partial charge < -0.3 is 15.1 Å². The van der Waals surface area contributed by atoms with Crippen molar-refractivity contribution in [2.45, 2.75) is 0 Å². The monoisotopic (exact) mass is 454 g/mol. The Morgan fingerprint density at radius 1 is 0.828 bits per heavy atom. The molecule has 29 heavy (non-hydrogen) atoms. The minimum atomic E-state index is -0.372. The number of nitrogens with zero attached hydrogens (tertiary/aromatic N) is 2. The van der Waals surface area contributed by atoms with Crippen LogP contribution in [0.3, 0.4) is 0 Å². The highest BCUT2D eigenvalue weighted by Crippen LogP contribution is 2.37. The van der Waals surface area contributed by atoms with E-state index in [0.717, 1.165) is 15.5 Å². The van der Waals surface area contributed by atoms with Crippen molar-refractivity contribution in [1.29, 1.82) is 0 Å². The Bertz CT molecular complexity index is 1070. The fraction of sp³-hybridized carbons (Fsp3) is 0.182. The molecule has 7 heteroatoms. The molecule has 1 heterocycles. The van der Waals surface area contributed by atoms with E-state index in [0.29, 0.717) is 35.3 Å². The van der Waals surface area contributed by atoms with Gasteiger partial charge in [0.15, 0.2) is 0 Å². The summed E-state index contributed by atoms with van der Waals surface area (Å²) in [5, 5.41) is 20.1. The van der Waals surface area contributed by atoms with Crippen LogP contribution in [0.25, 0.3) is 10.8 Å². The Morgan fingerprint density at radius 2 is 1.45 bits per heavy atom. The van der Waals surface area contributed by atoms with E-state index in [2.05, 4.69) is 15.9 Å². The molecule has 1 aliphatic heterocycles. The van der Waals surface area contributed by atoms with Crippen molar-refractivity contribution in [2.24, 2.45) is 0 Å². The van der Waals surface area contributed by atoms with Gasteiger partial charge in [-0.2, -0.15) is 0 Å². The van der Waals surface area contributed by atoms with Gasteiger partial charge >= 0.3 is 0 Å². The summed E-state index contributed by atoms with van der Waals surface area (Å²) in [5.74, 6) is -0.744. The molecule has 0 unspecified atom stereocenters. The number of amides is 2. The van der Waals surface area contributed by atoms with Crippen LogP contribution in [-0.2, 0) is 0 Å². The first-order valence-corrected chi connectivity index (χ1v) is 10.0. The van der Waals surface area contributed by atoms with Crippen molar-refractivity contribution in [2.75, 3.05) is 36.1 Å². The van der Waals surface area contributed by atoms with Gasteiger partial charge in [-0.3, -0.25) is 9.59 Å². The molecular formula is C22H19BrN2O4. The number of rotatable bonds is 6. The molecule has 6 nitrogen and oxygen atoms in total. The van der Waals surface area contributed by atoms with E-state index in [1.807, 2.05) is 11.0 Å². The maximum atomic E-state index is 13.2. The second-order valence-electron chi connectivity index (χ2n) is 6.72. The second kappa shape index (κ2) is 7.94. The molecule has 0 bridgehead atoms. The quantitative estimate of drug-likeness (QED) is 0.559. The summed E-state index contributed by atoms with van der Waals surface area (Å²) in [6, 6.07) is 15.9. The SMILES string of the molecule is O=C1c2cccc3c(N(CCO)CCO)ccc(c23)C(=O)N1c1ccc(Br)cc1. The van der Waals surface area contributed by atoms with E-state index < -0.39 is 0 Å². The van der Waals surface area contributed by atoms with Crippen molar-refractivity contribution in [3.8, 4) is 0 Å². The van der Waals surface area contributed by atoms with Crippen molar-refractivity contribution >= 4 is 49.9 Å².